The smallest absolute Gasteiger partial charge is 0.323 e. The predicted octanol–water partition coefficient (Wildman–Crippen LogP) is 2.14. The third kappa shape index (κ3) is 2.94. The second kappa shape index (κ2) is 5.03. The molecule has 1 fully saturated rings. The summed E-state index contributed by atoms with van der Waals surface area (Å²) in [4.78, 5) is 21.8. The first-order valence-corrected chi connectivity index (χ1v) is 6.36. The van der Waals surface area contributed by atoms with E-state index in [0.717, 1.165) is 0 Å². The number of rotatable bonds is 4. The number of hydrogen-bond donors (Lipinski definition) is 1. The van der Waals surface area contributed by atoms with E-state index in [2.05, 4.69) is 29.1 Å². The number of amides is 2. The lowest BCUT2D eigenvalue weighted by Gasteiger charge is -2.29. The van der Waals surface area contributed by atoms with Gasteiger partial charge in [-0.25, -0.2) is 14.8 Å². The molecule has 0 bridgehead atoms. The van der Waals surface area contributed by atoms with Gasteiger partial charge in [0.2, 0.25) is 5.88 Å². The lowest BCUT2D eigenvalue weighted by molar-refractivity contribution is 0.183. The van der Waals surface area contributed by atoms with E-state index in [1.165, 1.54) is 26.3 Å². The van der Waals surface area contributed by atoms with Crippen LogP contribution in [0.2, 0.25) is 0 Å². The van der Waals surface area contributed by atoms with Gasteiger partial charge in [-0.15, -0.1) is 0 Å². The van der Waals surface area contributed by atoms with Crippen molar-refractivity contribution in [2.24, 2.45) is 5.41 Å². The summed E-state index contributed by atoms with van der Waals surface area (Å²) in [5, 5.41) is 2.75. The molecule has 0 saturated heterocycles. The van der Waals surface area contributed by atoms with Gasteiger partial charge in [0.05, 0.1) is 7.11 Å². The minimum absolute atomic E-state index is 0.165. The Bertz CT molecular complexity index is 473. The monoisotopic (exact) mass is 264 g/mol. The van der Waals surface area contributed by atoms with E-state index in [4.69, 9.17) is 4.74 Å². The molecule has 6 nitrogen and oxygen atoms in total. The number of urea groups is 1. The van der Waals surface area contributed by atoms with Gasteiger partial charge in [-0.2, -0.15) is 0 Å². The fourth-order valence-electron chi connectivity index (χ4n) is 1.98. The topological polar surface area (TPSA) is 67.3 Å². The number of carbonyl (C=O) groups excluding carboxylic acids is 1. The number of aromatic nitrogens is 2. The van der Waals surface area contributed by atoms with Crippen LogP contribution in [0.1, 0.15) is 26.7 Å². The average Bonchev–Trinajstić information content (AvgIpc) is 3.16. The van der Waals surface area contributed by atoms with Crippen molar-refractivity contribution in [1.29, 1.82) is 0 Å². The van der Waals surface area contributed by atoms with Crippen LogP contribution >= 0.6 is 0 Å². The van der Waals surface area contributed by atoms with E-state index >= 15 is 0 Å². The van der Waals surface area contributed by atoms with Crippen LogP contribution in [-0.2, 0) is 0 Å². The van der Waals surface area contributed by atoms with Crippen LogP contribution in [0.25, 0.3) is 0 Å². The Labute approximate surface area is 113 Å². The van der Waals surface area contributed by atoms with Crippen molar-refractivity contribution in [1.82, 2.24) is 14.9 Å². The summed E-state index contributed by atoms with van der Waals surface area (Å²) in [6.07, 6.45) is 3.71. The number of ether oxygens (including phenoxy) is 1. The van der Waals surface area contributed by atoms with Gasteiger partial charge in [-0.05, 0) is 25.2 Å². The molecule has 1 aromatic rings. The van der Waals surface area contributed by atoms with Gasteiger partial charge in [-0.1, -0.05) is 6.92 Å². The van der Waals surface area contributed by atoms with Crippen LogP contribution in [0, 0.1) is 5.41 Å². The maximum Gasteiger partial charge on any atom is 0.323 e. The molecule has 0 aliphatic heterocycles. The highest BCUT2D eigenvalue weighted by Crippen LogP contribution is 2.49. The summed E-state index contributed by atoms with van der Waals surface area (Å²) in [6, 6.07) is 1.63. The van der Waals surface area contributed by atoms with Gasteiger partial charge in [0, 0.05) is 19.2 Å². The third-order valence-corrected chi connectivity index (χ3v) is 4.03. The molecule has 1 heterocycles. The Kier molecular flexibility index (Phi) is 3.59. The van der Waals surface area contributed by atoms with E-state index in [1.54, 1.807) is 11.0 Å². The van der Waals surface area contributed by atoms with E-state index in [0.29, 0.717) is 11.7 Å². The number of hydrogen-bond acceptors (Lipinski definition) is 4. The zero-order valence-electron chi connectivity index (χ0n) is 11.8. The zero-order valence-corrected chi connectivity index (χ0v) is 11.8. The molecule has 2 amide bonds. The highest BCUT2D eigenvalue weighted by molar-refractivity contribution is 5.88. The maximum absolute atomic E-state index is 12.1. The summed E-state index contributed by atoms with van der Waals surface area (Å²) in [5.41, 5.74) is 0.259. The van der Waals surface area contributed by atoms with Crippen LogP contribution in [0.5, 0.6) is 5.88 Å². The van der Waals surface area contributed by atoms with Crippen molar-refractivity contribution < 1.29 is 9.53 Å². The van der Waals surface area contributed by atoms with Crippen molar-refractivity contribution >= 4 is 11.8 Å². The molecule has 0 aromatic carbocycles. The van der Waals surface area contributed by atoms with Crippen LogP contribution in [0.4, 0.5) is 10.6 Å². The largest absolute Gasteiger partial charge is 0.481 e. The maximum atomic E-state index is 12.1. The standard InChI is InChI=1S/C13H20N4O2/c1-9(13(2)5-6-13)17(3)12(18)16-10-7-11(19-4)15-8-14-10/h7-9H,5-6H2,1-4H3,(H,14,15,16,18). The minimum atomic E-state index is -0.165. The molecular formula is C13H20N4O2. The van der Waals surface area contributed by atoms with E-state index in [-0.39, 0.29) is 17.5 Å². The summed E-state index contributed by atoms with van der Waals surface area (Å²) in [5.74, 6) is 0.868. The van der Waals surface area contributed by atoms with Crippen LogP contribution in [0.15, 0.2) is 12.4 Å². The Balaban J connectivity index is 1.99. The van der Waals surface area contributed by atoms with Crippen LogP contribution < -0.4 is 10.1 Å². The highest BCUT2D eigenvalue weighted by atomic mass is 16.5. The summed E-state index contributed by atoms with van der Waals surface area (Å²) in [7, 11) is 3.33. The summed E-state index contributed by atoms with van der Waals surface area (Å²) < 4.78 is 4.99. The second-order valence-electron chi connectivity index (χ2n) is 5.32. The van der Waals surface area contributed by atoms with Gasteiger partial charge in [0.15, 0.2) is 0 Å². The Hall–Kier alpha value is -1.85. The normalized spacial score (nSPS) is 17.5. The molecule has 1 unspecified atom stereocenters. The van der Waals surface area contributed by atoms with Crippen molar-refractivity contribution in [3.8, 4) is 5.88 Å². The molecule has 1 saturated carbocycles. The molecule has 6 heteroatoms. The zero-order chi connectivity index (χ0) is 14.0. The van der Waals surface area contributed by atoms with Gasteiger partial charge < -0.3 is 9.64 Å². The molecule has 0 radical (unpaired) electrons. The lowest BCUT2D eigenvalue weighted by Crippen LogP contribution is -2.42. The molecule has 1 aliphatic carbocycles. The quantitative estimate of drug-likeness (QED) is 0.904. The SMILES string of the molecule is COc1cc(NC(=O)N(C)C(C)C2(C)CC2)ncn1. The summed E-state index contributed by atoms with van der Waals surface area (Å²) >= 11 is 0. The molecule has 0 spiro atoms. The lowest BCUT2D eigenvalue weighted by atomic mass is 10.00. The van der Waals surface area contributed by atoms with Crippen molar-refractivity contribution in [2.75, 3.05) is 19.5 Å². The molecule has 1 aliphatic rings. The second-order valence-corrected chi connectivity index (χ2v) is 5.32. The van der Waals surface area contributed by atoms with Crippen LogP contribution in [0.3, 0.4) is 0 Å². The third-order valence-electron chi connectivity index (χ3n) is 4.03. The van der Waals surface area contributed by atoms with E-state index < -0.39 is 0 Å². The molecule has 104 valence electrons. The Morgan fingerprint density at radius 1 is 1.53 bits per heavy atom. The average molecular weight is 264 g/mol. The fourth-order valence-corrected chi connectivity index (χ4v) is 1.98. The number of nitrogens with zero attached hydrogens (tertiary/aromatic N) is 3. The van der Waals surface area contributed by atoms with Crippen LogP contribution in [-0.4, -0.2) is 41.1 Å². The van der Waals surface area contributed by atoms with Crippen molar-refractivity contribution in [3.63, 3.8) is 0 Å². The number of methoxy groups -OCH3 is 1. The van der Waals surface area contributed by atoms with Gasteiger partial charge in [0.25, 0.3) is 0 Å². The first-order chi connectivity index (χ1) is 8.96. The highest BCUT2D eigenvalue weighted by Gasteiger charge is 2.45. The molecular weight excluding hydrogens is 244 g/mol. The number of nitrogens with one attached hydrogen (secondary N) is 1. The number of anilines is 1. The molecule has 1 N–H and O–H groups in total. The van der Waals surface area contributed by atoms with Crippen molar-refractivity contribution in [2.45, 2.75) is 32.7 Å². The molecule has 1 atom stereocenters. The van der Waals surface area contributed by atoms with Gasteiger partial charge in [0.1, 0.15) is 12.1 Å². The van der Waals surface area contributed by atoms with Gasteiger partial charge in [-0.3, -0.25) is 5.32 Å². The molecule has 1 aromatic heterocycles. The molecule has 2 rings (SSSR count). The predicted molar refractivity (Wildman–Crippen MR) is 72.2 cm³/mol. The summed E-state index contributed by atoms with van der Waals surface area (Å²) in [6.45, 7) is 4.28. The molecule has 19 heavy (non-hydrogen) atoms. The van der Waals surface area contributed by atoms with E-state index in [9.17, 15) is 4.79 Å². The first-order valence-electron chi connectivity index (χ1n) is 6.36. The minimum Gasteiger partial charge on any atom is -0.481 e. The Morgan fingerprint density at radius 3 is 2.79 bits per heavy atom. The van der Waals surface area contributed by atoms with Gasteiger partial charge >= 0.3 is 6.03 Å². The van der Waals surface area contributed by atoms with Crippen molar-refractivity contribution in [3.05, 3.63) is 12.4 Å². The first kappa shape index (κ1) is 13.6. The Morgan fingerprint density at radius 2 is 2.21 bits per heavy atom. The number of carbonyl (C=O) groups is 1. The van der Waals surface area contributed by atoms with E-state index in [1.807, 2.05) is 7.05 Å². The fraction of sp³-hybridized carbons (Fsp3) is 0.615.